The summed E-state index contributed by atoms with van der Waals surface area (Å²) >= 11 is 4.89. The highest BCUT2D eigenvalue weighted by Crippen LogP contribution is 2.39. The summed E-state index contributed by atoms with van der Waals surface area (Å²) in [7, 11) is 3.19. The second-order valence-corrected chi connectivity index (χ2v) is 6.61. The molecule has 0 fully saturated rings. The predicted octanol–water partition coefficient (Wildman–Crippen LogP) is 5.04. The fourth-order valence-corrected chi connectivity index (χ4v) is 3.39. The number of methoxy groups -OCH3 is 2. The van der Waals surface area contributed by atoms with Crippen LogP contribution in [0.2, 0.25) is 0 Å². The van der Waals surface area contributed by atoms with Gasteiger partial charge in [0, 0.05) is 22.7 Å². The number of anilines is 2. The van der Waals surface area contributed by atoms with E-state index in [1.54, 1.807) is 26.4 Å². The first-order valence-corrected chi connectivity index (χ1v) is 8.71. The van der Waals surface area contributed by atoms with Crippen molar-refractivity contribution < 1.29 is 14.6 Å². The van der Waals surface area contributed by atoms with Crippen molar-refractivity contribution in [2.24, 2.45) is 0 Å². The molecule has 0 aliphatic heterocycles. The van der Waals surface area contributed by atoms with Gasteiger partial charge in [0.1, 0.15) is 17.2 Å². The van der Waals surface area contributed by atoms with Gasteiger partial charge in [-0.3, -0.25) is 0 Å². The highest BCUT2D eigenvalue weighted by atomic mass is 79.9. The summed E-state index contributed by atoms with van der Waals surface area (Å²) in [4.78, 5) is 4.53. The van der Waals surface area contributed by atoms with Crippen LogP contribution in [0.25, 0.3) is 11.3 Å². The molecule has 3 aromatic rings. The minimum Gasteiger partial charge on any atom is -0.507 e. The van der Waals surface area contributed by atoms with Crippen LogP contribution in [0.3, 0.4) is 0 Å². The van der Waals surface area contributed by atoms with E-state index in [-0.39, 0.29) is 5.75 Å². The number of nitrogens with one attached hydrogen (secondary N) is 1. The first kappa shape index (κ1) is 16.6. The molecule has 124 valence electrons. The zero-order chi connectivity index (χ0) is 17.1. The average molecular weight is 407 g/mol. The maximum Gasteiger partial charge on any atom is 0.187 e. The van der Waals surface area contributed by atoms with Gasteiger partial charge in [-0.2, -0.15) is 0 Å². The predicted molar refractivity (Wildman–Crippen MR) is 99.7 cm³/mol. The molecule has 0 saturated heterocycles. The van der Waals surface area contributed by atoms with E-state index in [9.17, 15) is 5.11 Å². The molecule has 2 aromatic carbocycles. The molecule has 1 heterocycles. The molecule has 0 spiro atoms. The summed E-state index contributed by atoms with van der Waals surface area (Å²) in [5.74, 6) is 1.49. The highest BCUT2D eigenvalue weighted by Gasteiger charge is 2.13. The van der Waals surface area contributed by atoms with E-state index in [0.29, 0.717) is 17.0 Å². The quantitative estimate of drug-likeness (QED) is 0.621. The number of halogens is 1. The molecule has 0 saturated carbocycles. The van der Waals surface area contributed by atoms with Crippen LogP contribution in [0.5, 0.6) is 17.2 Å². The van der Waals surface area contributed by atoms with Crippen LogP contribution in [0.1, 0.15) is 0 Å². The largest absolute Gasteiger partial charge is 0.507 e. The molecule has 7 heteroatoms. The number of ether oxygens (including phenoxy) is 2. The van der Waals surface area contributed by atoms with Crippen LogP contribution in [-0.4, -0.2) is 24.3 Å². The normalized spacial score (nSPS) is 10.5. The number of nitrogens with zero attached hydrogens (tertiary/aromatic N) is 1. The molecule has 0 atom stereocenters. The van der Waals surface area contributed by atoms with Crippen LogP contribution in [-0.2, 0) is 0 Å². The van der Waals surface area contributed by atoms with E-state index < -0.39 is 0 Å². The SMILES string of the molecule is COc1ccc(Nc2nc(-c3cc(Br)c(OC)cc3O)cs2)cc1. The van der Waals surface area contributed by atoms with Crippen molar-refractivity contribution in [1.29, 1.82) is 0 Å². The number of aromatic hydroxyl groups is 1. The number of phenols is 1. The van der Waals surface area contributed by atoms with Crippen molar-refractivity contribution in [3.8, 4) is 28.5 Å². The van der Waals surface area contributed by atoms with Crippen molar-refractivity contribution in [2.45, 2.75) is 0 Å². The third kappa shape index (κ3) is 3.47. The Bertz CT molecular complexity index is 850. The minimum absolute atomic E-state index is 0.122. The maximum absolute atomic E-state index is 10.2. The minimum atomic E-state index is 0.122. The molecule has 0 radical (unpaired) electrons. The second-order valence-electron chi connectivity index (χ2n) is 4.90. The Kier molecular flexibility index (Phi) is 4.92. The van der Waals surface area contributed by atoms with Crippen molar-refractivity contribution >= 4 is 38.1 Å². The van der Waals surface area contributed by atoms with Gasteiger partial charge in [0.25, 0.3) is 0 Å². The van der Waals surface area contributed by atoms with E-state index in [2.05, 4.69) is 26.2 Å². The molecule has 0 unspecified atom stereocenters. The van der Waals surface area contributed by atoms with Crippen LogP contribution in [0.4, 0.5) is 10.8 Å². The van der Waals surface area contributed by atoms with Gasteiger partial charge < -0.3 is 19.9 Å². The van der Waals surface area contributed by atoms with Gasteiger partial charge in [-0.15, -0.1) is 11.3 Å². The smallest absolute Gasteiger partial charge is 0.187 e. The Balaban J connectivity index is 1.83. The van der Waals surface area contributed by atoms with Gasteiger partial charge in [0.2, 0.25) is 0 Å². The van der Waals surface area contributed by atoms with Crippen molar-refractivity contribution in [2.75, 3.05) is 19.5 Å². The first-order valence-electron chi connectivity index (χ1n) is 7.04. The van der Waals surface area contributed by atoms with Crippen LogP contribution < -0.4 is 14.8 Å². The Labute approximate surface area is 152 Å². The fraction of sp³-hybridized carbons (Fsp3) is 0.118. The van der Waals surface area contributed by atoms with E-state index in [4.69, 9.17) is 9.47 Å². The Morgan fingerprint density at radius 2 is 1.88 bits per heavy atom. The monoisotopic (exact) mass is 406 g/mol. The lowest BCUT2D eigenvalue weighted by atomic mass is 10.1. The zero-order valence-corrected chi connectivity index (χ0v) is 15.4. The van der Waals surface area contributed by atoms with E-state index >= 15 is 0 Å². The summed E-state index contributed by atoms with van der Waals surface area (Å²) in [5, 5.41) is 16.0. The molecule has 0 amide bonds. The summed E-state index contributed by atoms with van der Waals surface area (Å²) < 4.78 is 11.1. The average Bonchev–Trinajstić information content (AvgIpc) is 3.05. The van der Waals surface area contributed by atoms with Gasteiger partial charge in [0.05, 0.1) is 24.4 Å². The maximum atomic E-state index is 10.2. The second kappa shape index (κ2) is 7.11. The lowest BCUT2D eigenvalue weighted by molar-refractivity contribution is 0.405. The number of hydrogen-bond donors (Lipinski definition) is 2. The standard InChI is InChI=1S/C17H15BrN2O3S/c1-22-11-5-3-10(4-6-11)19-17-20-14(9-24-17)12-7-13(18)16(23-2)8-15(12)21/h3-9,21H,1-2H3,(H,19,20). The number of thiazole rings is 1. The van der Waals surface area contributed by atoms with Crippen LogP contribution in [0.15, 0.2) is 46.3 Å². The summed E-state index contributed by atoms with van der Waals surface area (Å²) in [5.41, 5.74) is 2.25. The van der Waals surface area contributed by atoms with Gasteiger partial charge in [-0.25, -0.2) is 4.98 Å². The van der Waals surface area contributed by atoms with E-state index in [1.165, 1.54) is 11.3 Å². The molecule has 1 aromatic heterocycles. The number of phenolic OH excluding ortho intramolecular Hbond substituents is 1. The van der Waals surface area contributed by atoms with Crippen molar-refractivity contribution in [3.63, 3.8) is 0 Å². The van der Waals surface area contributed by atoms with Crippen molar-refractivity contribution in [3.05, 3.63) is 46.3 Å². The number of hydrogen-bond acceptors (Lipinski definition) is 6. The van der Waals surface area contributed by atoms with Gasteiger partial charge in [0.15, 0.2) is 5.13 Å². The topological polar surface area (TPSA) is 63.6 Å². The lowest BCUT2D eigenvalue weighted by Gasteiger charge is -2.07. The molecule has 0 aliphatic carbocycles. The van der Waals surface area contributed by atoms with E-state index in [1.807, 2.05) is 29.6 Å². The van der Waals surface area contributed by atoms with E-state index in [0.717, 1.165) is 21.0 Å². The Morgan fingerprint density at radius 1 is 1.12 bits per heavy atom. The molecular weight excluding hydrogens is 392 g/mol. The van der Waals surface area contributed by atoms with Crippen LogP contribution >= 0.6 is 27.3 Å². The van der Waals surface area contributed by atoms with Crippen molar-refractivity contribution in [1.82, 2.24) is 4.98 Å². The summed E-state index contributed by atoms with van der Waals surface area (Å²) in [6, 6.07) is 10.9. The Morgan fingerprint density at radius 3 is 2.54 bits per heavy atom. The molecule has 0 bridgehead atoms. The summed E-state index contributed by atoms with van der Waals surface area (Å²) in [6.07, 6.45) is 0. The molecule has 5 nitrogen and oxygen atoms in total. The molecule has 3 rings (SSSR count). The van der Waals surface area contributed by atoms with Gasteiger partial charge in [-0.05, 0) is 46.3 Å². The van der Waals surface area contributed by atoms with Gasteiger partial charge >= 0.3 is 0 Å². The van der Waals surface area contributed by atoms with Crippen LogP contribution in [0, 0.1) is 0 Å². The molecule has 0 aliphatic rings. The number of benzene rings is 2. The Hall–Kier alpha value is -2.25. The number of rotatable bonds is 5. The first-order chi connectivity index (χ1) is 11.6. The lowest BCUT2D eigenvalue weighted by Crippen LogP contribution is -1.90. The number of aromatic nitrogens is 1. The third-order valence-electron chi connectivity index (χ3n) is 3.39. The highest BCUT2D eigenvalue weighted by molar-refractivity contribution is 9.10. The zero-order valence-electron chi connectivity index (χ0n) is 13.0. The molecular formula is C17H15BrN2O3S. The molecule has 24 heavy (non-hydrogen) atoms. The third-order valence-corrected chi connectivity index (χ3v) is 4.77. The molecule has 2 N–H and O–H groups in total. The van der Waals surface area contributed by atoms with Gasteiger partial charge in [-0.1, -0.05) is 0 Å². The summed E-state index contributed by atoms with van der Waals surface area (Å²) in [6.45, 7) is 0. The fourth-order valence-electron chi connectivity index (χ4n) is 2.16.